The van der Waals surface area contributed by atoms with E-state index in [1.54, 1.807) is 10.3 Å². The second kappa shape index (κ2) is 6.29. The number of para-hydroxylation sites is 2. The highest BCUT2D eigenvalue weighted by molar-refractivity contribution is 7.03. The number of hydrogen-bond acceptors (Lipinski definition) is 6. The monoisotopic (exact) mass is 339 g/mol. The average molecular weight is 339 g/mol. The molecule has 1 aromatic heterocycles. The molecule has 2 heterocycles. The number of carbonyl (C=O) groups excluding carboxylic acids is 1. The molecule has 6 nitrogen and oxygen atoms in total. The summed E-state index contributed by atoms with van der Waals surface area (Å²) in [6.07, 6.45) is 0. The van der Waals surface area contributed by atoms with Gasteiger partial charge in [0, 0.05) is 16.6 Å². The van der Waals surface area contributed by atoms with Crippen LogP contribution in [0.1, 0.15) is 16.1 Å². The molecule has 0 saturated carbocycles. The number of benzene rings is 2. The second-order valence-electron chi connectivity index (χ2n) is 5.17. The van der Waals surface area contributed by atoms with E-state index in [0.717, 1.165) is 22.8 Å². The van der Waals surface area contributed by atoms with Crippen molar-refractivity contribution in [1.29, 1.82) is 0 Å². The highest BCUT2D eigenvalue weighted by Crippen LogP contribution is 2.36. The van der Waals surface area contributed by atoms with Crippen molar-refractivity contribution in [2.24, 2.45) is 0 Å². The van der Waals surface area contributed by atoms with Gasteiger partial charge in [-0.25, -0.2) is 0 Å². The molecule has 24 heavy (non-hydrogen) atoms. The van der Waals surface area contributed by atoms with Crippen LogP contribution in [0.4, 0.5) is 5.69 Å². The quantitative estimate of drug-likeness (QED) is 0.731. The number of hydrogen-bond donors (Lipinski definition) is 0. The van der Waals surface area contributed by atoms with Gasteiger partial charge in [0.1, 0.15) is 0 Å². The van der Waals surface area contributed by atoms with Crippen LogP contribution in [0, 0.1) is 0 Å². The van der Waals surface area contributed by atoms with E-state index in [2.05, 4.69) is 9.59 Å². The first kappa shape index (κ1) is 14.6. The van der Waals surface area contributed by atoms with Crippen molar-refractivity contribution in [2.45, 2.75) is 6.54 Å². The minimum absolute atomic E-state index is 0.196. The number of carbonyl (C=O) groups is 1. The summed E-state index contributed by atoms with van der Waals surface area (Å²) in [7, 11) is 0. The Labute approximate surface area is 142 Å². The fraction of sp³-hybridized carbons (Fsp3) is 0.118. The van der Waals surface area contributed by atoms with E-state index in [9.17, 15) is 4.79 Å². The number of nitrogens with zero attached hydrogens (tertiary/aromatic N) is 3. The van der Waals surface area contributed by atoms with E-state index in [4.69, 9.17) is 9.47 Å². The predicted molar refractivity (Wildman–Crippen MR) is 89.4 cm³/mol. The van der Waals surface area contributed by atoms with Crippen molar-refractivity contribution in [2.75, 3.05) is 11.7 Å². The van der Waals surface area contributed by atoms with Crippen LogP contribution in [0.15, 0.2) is 53.9 Å². The van der Waals surface area contributed by atoms with Crippen molar-refractivity contribution in [3.05, 3.63) is 65.2 Å². The maximum atomic E-state index is 12.9. The number of rotatable bonds is 4. The first-order valence-electron chi connectivity index (χ1n) is 7.34. The Hall–Kier alpha value is -2.93. The van der Waals surface area contributed by atoms with Gasteiger partial charge in [-0.3, -0.25) is 4.79 Å². The average Bonchev–Trinajstić information content (AvgIpc) is 3.31. The molecule has 120 valence electrons. The van der Waals surface area contributed by atoms with Crippen molar-refractivity contribution < 1.29 is 14.3 Å². The molecule has 4 rings (SSSR count). The van der Waals surface area contributed by atoms with Gasteiger partial charge in [-0.15, -0.1) is 5.10 Å². The summed E-state index contributed by atoms with van der Waals surface area (Å²) in [6, 6.07) is 15.1. The summed E-state index contributed by atoms with van der Waals surface area (Å²) >= 11 is 1.15. The van der Waals surface area contributed by atoms with Crippen LogP contribution in [0.3, 0.4) is 0 Å². The van der Waals surface area contributed by atoms with Crippen LogP contribution in [0.2, 0.25) is 0 Å². The van der Waals surface area contributed by atoms with Gasteiger partial charge in [0.05, 0.1) is 6.54 Å². The topological polar surface area (TPSA) is 64.6 Å². The highest BCUT2D eigenvalue weighted by atomic mass is 32.1. The smallest absolute Gasteiger partial charge is 0.280 e. The number of anilines is 1. The summed E-state index contributed by atoms with van der Waals surface area (Å²) in [5, 5.41) is 5.54. The first-order chi connectivity index (χ1) is 11.8. The molecular formula is C17H13N3O3S. The van der Waals surface area contributed by atoms with E-state index in [1.165, 1.54) is 0 Å². The number of aromatic nitrogens is 2. The molecule has 1 amide bonds. The van der Waals surface area contributed by atoms with Crippen molar-refractivity contribution >= 4 is 23.1 Å². The fourth-order valence-corrected chi connectivity index (χ4v) is 3.00. The van der Waals surface area contributed by atoms with Crippen LogP contribution < -0.4 is 14.4 Å². The molecule has 0 radical (unpaired) electrons. The molecule has 0 bridgehead atoms. The zero-order chi connectivity index (χ0) is 16.4. The lowest BCUT2D eigenvalue weighted by Crippen LogP contribution is -2.30. The normalized spacial score (nSPS) is 12.2. The summed E-state index contributed by atoms with van der Waals surface area (Å²) in [5.74, 6) is 1.18. The third-order valence-corrected chi connectivity index (χ3v) is 4.20. The number of amides is 1. The lowest BCUT2D eigenvalue weighted by molar-refractivity contribution is 0.0980. The third-order valence-electron chi connectivity index (χ3n) is 3.70. The van der Waals surface area contributed by atoms with E-state index in [-0.39, 0.29) is 12.7 Å². The minimum Gasteiger partial charge on any atom is -0.454 e. The standard InChI is InChI=1S/C17H13N3O3S/c21-17(14-10-24-19-18-14)20(13-6-2-1-3-7-13)9-12-5-4-8-15-16(12)23-11-22-15/h1-8,10H,9,11H2. The fourth-order valence-electron chi connectivity index (χ4n) is 2.57. The minimum atomic E-state index is -0.202. The summed E-state index contributed by atoms with van der Waals surface area (Å²) in [5.41, 5.74) is 1.99. The van der Waals surface area contributed by atoms with Gasteiger partial charge in [0.15, 0.2) is 17.2 Å². The van der Waals surface area contributed by atoms with Crippen LogP contribution in [-0.4, -0.2) is 22.3 Å². The molecule has 0 atom stereocenters. The van der Waals surface area contributed by atoms with Crippen LogP contribution >= 0.6 is 11.5 Å². The molecule has 0 unspecified atom stereocenters. The molecule has 0 aliphatic carbocycles. The summed E-state index contributed by atoms with van der Waals surface area (Å²) < 4.78 is 14.7. The Morgan fingerprint density at radius 1 is 1.12 bits per heavy atom. The lowest BCUT2D eigenvalue weighted by Gasteiger charge is -2.22. The van der Waals surface area contributed by atoms with Gasteiger partial charge in [0.2, 0.25) is 6.79 Å². The molecule has 2 aromatic carbocycles. The predicted octanol–water partition coefficient (Wildman–Crippen LogP) is 3.11. The molecule has 0 saturated heterocycles. The Balaban J connectivity index is 1.71. The highest BCUT2D eigenvalue weighted by Gasteiger charge is 2.24. The summed E-state index contributed by atoms with van der Waals surface area (Å²) in [6.45, 7) is 0.550. The maximum Gasteiger partial charge on any atom is 0.280 e. The molecule has 0 N–H and O–H groups in total. The number of fused-ring (bicyclic) bond motifs is 1. The summed E-state index contributed by atoms with van der Waals surface area (Å²) in [4.78, 5) is 14.5. The van der Waals surface area contributed by atoms with Gasteiger partial charge in [-0.2, -0.15) is 0 Å². The Morgan fingerprint density at radius 3 is 2.79 bits per heavy atom. The second-order valence-corrected chi connectivity index (χ2v) is 5.78. The van der Waals surface area contributed by atoms with Crippen LogP contribution in [0.5, 0.6) is 11.5 Å². The molecule has 0 spiro atoms. The Kier molecular flexibility index (Phi) is 3.84. The van der Waals surface area contributed by atoms with E-state index in [0.29, 0.717) is 23.7 Å². The Morgan fingerprint density at radius 2 is 2.00 bits per heavy atom. The largest absolute Gasteiger partial charge is 0.454 e. The van der Waals surface area contributed by atoms with E-state index in [1.807, 2.05) is 48.5 Å². The van der Waals surface area contributed by atoms with Gasteiger partial charge >= 0.3 is 0 Å². The van der Waals surface area contributed by atoms with Gasteiger partial charge < -0.3 is 14.4 Å². The molecule has 1 aliphatic rings. The van der Waals surface area contributed by atoms with Crippen molar-refractivity contribution in [3.8, 4) is 11.5 Å². The van der Waals surface area contributed by atoms with Gasteiger partial charge in [0.25, 0.3) is 5.91 Å². The van der Waals surface area contributed by atoms with Crippen LogP contribution in [0.25, 0.3) is 0 Å². The molecule has 0 fully saturated rings. The van der Waals surface area contributed by atoms with Crippen molar-refractivity contribution in [3.63, 3.8) is 0 Å². The molecule has 7 heteroatoms. The van der Waals surface area contributed by atoms with Gasteiger partial charge in [-0.1, -0.05) is 34.8 Å². The molecule has 1 aliphatic heterocycles. The number of ether oxygens (including phenoxy) is 2. The lowest BCUT2D eigenvalue weighted by atomic mass is 10.1. The van der Waals surface area contributed by atoms with E-state index >= 15 is 0 Å². The van der Waals surface area contributed by atoms with Crippen molar-refractivity contribution in [1.82, 2.24) is 9.59 Å². The third kappa shape index (κ3) is 2.69. The Bertz CT molecular complexity index is 853. The SMILES string of the molecule is O=C(c1csnn1)N(Cc1cccc2c1OCO2)c1ccccc1. The zero-order valence-corrected chi connectivity index (χ0v) is 13.4. The zero-order valence-electron chi connectivity index (χ0n) is 12.6. The first-order valence-corrected chi connectivity index (χ1v) is 8.18. The molecule has 3 aromatic rings. The van der Waals surface area contributed by atoms with E-state index < -0.39 is 0 Å². The van der Waals surface area contributed by atoms with Crippen LogP contribution in [-0.2, 0) is 6.54 Å². The molecular weight excluding hydrogens is 326 g/mol. The van der Waals surface area contributed by atoms with Gasteiger partial charge in [-0.05, 0) is 29.7 Å². The maximum absolute atomic E-state index is 12.9.